The number of nitrogens with one attached hydrogen (secondary N) is 3. The lowest BCUT2D eigenvalue weighted by Crippen LogP contribution is -2.57. The molecule has 5 atom stereocenters. The summed E-state index contributed by atoms with van der Waals surface area (Å²) >= 11 is 0. The Morgan fingerprint density at radius 3 is 2.24 bits per heavy atom. The molecule has 9 nitrogen and oxygen atoms in total. The van der Waals surface area contributed by atoms with Gasteiger partial charge in [-0.05, 0) is 72.7 Å². The fourth-order valence-electron chi connectivity index (χ4n) is 5.47. The van der Waals surface area contributed by atoms with E-state index in [1.165, 1.54) is 0 Å². The average molecular weight is 614 g/mol. The molecule has 238 valence electrons. The van der Waals surface area contributed by atoms with Crippen LogP contribution in [0.3, 0.4) is 0 Å². The molecule has 2 aromatic rings. The van der Waals surface area contributed by atoms with Crippen molar-refractivity contribution >= 4 is 17.7 Å². The van der Waals surface area contributed by atoms with Crippen LogP contribution in [0.1, 0.15) is 38.3 Å². The van der Waals surface area contributed by atoms with Gasteiger partial charge in [-0.3, -0.25) is 14.4 Å². The Bertz CT molecular complexity index is 1490. The number of amides is 3. The minimum atomic E-state index is -1.04. The van der Waals surface area contributed by atoms with Crippen molar-refractivity contribution in [2.75, 3.05) is 13.7 Å². The number of fused-ring (bicyclic) bond motifs is 1. The van der Waals surface area contributed by atoms with Gasteiger partial charge in [-0.15, -0.1) is 0 Å². The van der Waals surface area contributed by atoms with E-state index in [4.69, 9.17) is 4.74 Å². The monoisotopic (exact) mass is 613 g/mol. The summed E-state index contributed by atoms with van der Waals surface area (Å²) in [6, 6.07) is 13.9. The first kappa shape index (κ1) is 33.4. The zero-order chi connectivity index (χ0) is 32.5. The molecule has 3 amide bonds. The van der Waals surface area contributed by atoms with E-state index in [0.717, 1.165) is 34.3 Å². The second-order valence-electron chi connectivity index (χ2n) is 11.7. The van der Waals surface area contributed by atoms with E-state index in [2.05, 4.69) is 22.0 Å². The molecule has 4 rings (SSSR count). The van der Waals surface area contributed by atoms with Gasteiger partial charge in [0.2, 0.25) is 11.8 Å². The molecule has 2 aromatic carbocycles. The third-order valence-electron chi connectivity index (χ3n) is 8.30. The highest BCUT2D eigenvalue weighted by atomic mass is 16.5. The molecule has 0 saturated heterocycles. The molecule has 0 unspecified atom stereocenters. The van der Waals surface area contributed by atoms with Crippen molar-refractivity contribution in [3.8, 4) is 5.75 Å². The van der Waals surface area contributed by atoms with Gasteiger partial charge in [0.05, 0.1) is 19.3 Å². The number of carbonyl (C=O) groups excluding carboxylic acids is 3. The van der Waals surface area contributed by atoms with Crippen LogP contribution in [0.25, 0.3) is 0 Å². The Hall–Kier alpha value is -4.47. The van der Waals surface area contributed by atoms with Gasteiger partial charge >= 0.3 is 0 Å². The van der Waals surface area contributed by atoms with Crippen molar-refractivity contribution in [2.24, 2.45) is 5.92 Å². The third-order valence-corrected chi connectivity index (χ3v) is 8.30. The summed E-state index contributed by atoms with van der Waals surface area (Å²) in [6.45, 7) is 4.90. The van der Waals surface area contributed by atoms with Gasteiger partial charge in [0.15, 0.2) is 0 Å². The van der Waals surface area contributed by atoms with Crippen molar-refractivity contribution in [3.05, 3.63) is 112 Å². The van der Waals surface area contributed by atoms with Gasteiger partial charge in [-0.1, -0.05) is 67.6 Å². The van der Waals surface area contributed by atoms with E-state index in [-0.39, 0.29) is 18.9 Å². The molecule has 2 aliphatic carbocycles. The van der Waals surface area contributed by atoms with Crippen LogP contribution in [0.5, 0.6) is 5.75 Å². The zero-order valence-corrected chi connectivity index (χ0v) is 26.2. The van der Waals surface area contributed by atoms with Gasteiger partial charge in [-0.25, -0.2) is 0 Å². The Labute approximate surface area is 264 Å². The van der Waals surface area contributed by atoms with Gasteiger partial charge in [0.25, 0.3) is 5.91 Å². The summed E-state index contributed by atoms with van der Waals surface area (Å²) in [5, 5.41) is 29.3. The number of methoxy groups -OCH3 is 1. The largest absolute Gasteiger partial charge is 0.497 e. The molecule has 0 aromatic heterocycles. The number of hydrogen-bond acceptors (Lipinski definition) is 6. The number of aliphatic hydroxyl groups excluding tert-OH is 2. The lowest BCUT2D eigenvalue weighted by atomic mass is 9.92. The molecule has 0 saturated carbocycles. The maximum absolute atomic E-state index is 13.8. The van der Waals surface area contributed by atoms with E-state index in [1.807, 2.05) is 67.6 Å². The molecule has 0 heterocycles. The first-order valence-corrected chi connectivity index (χ1v) is 15.3. The Morgan fingerprint density at radius 1 is 0.911 bits per heavy atom. The van der Waals surface area contributed by atoms with Crippen molar-refractivity contribution in [2.45, 2.75) is 64.3 Å². The number of hydrogen-bond donors (Lipinski definition) is 5. The molecular formula is C36H43N3O6. The molecule has 5 N–H and O–H groups in total. The first-order valence-electron chi connectivity index (χ1n) is 15.3. The fraction of sp³-hybridized carbons (Fsp3) is 0.361. The van der Waals surface area contributed by atoms with Crippen LogP contribution < -0.4 is 20.7 Å². The fourth-order valence-corrected chi connectivity index (χ4v) is 5.47. The summed E-state index contributed by atoms with van der Waals surface area (Å²) in [6.07, 6.45) is 8.17. The first-order chi connectivity index (χ1) is 21.6. The summed E-state index contributed by atoms with van der Waals surface area (Å²) in [4.78, 5) is 40.4. The van der Waals surface area contributed by atoms with Crippen LogP contribution in [0.2, 0.25) is 0 Å². The highest BCUT2D eigenvalue weighted by Gasteiger charge is 2.31. The second kappa shape index (κ2) is 15.5. The van der Waals surface area contributed by atoms with Gasteiger partial charge in [0.1, 0.15) is 17.8 Å². The summed E-state index contributed by atoms with van der Waals surface area (Å²) in [5.74, 6) is -1.23. The number of allylic oxidation sites excluding steroid dienone is 6. The number of benzene rings is 2. The SMILES string of the molecule is COc1ccc(C[C@H](NC(=O)[C@@H](C)NC(=O)C2=CC3=CCC=CC3=C2C)C(=O)N[C@@H](Cc2ccccc2)[C@@H](O)[C@H](C)CO)cc1. The minimum Gasteiger partial charge on any atom is -0.497 e. The second-order valence-corrected chi connectivity index (χ2v) is 11.7. The van der Waals surface area contributed by atoms with Crippen molar-refractivity contribution in [3.63, 3.8) is 0 Å². The lowest BCUT2D eigenvalue weighted by Gasteiger charge is -2.30. The quantitative estimate of drug-likeness (QED) is 0.222. The predicted molar refractivity (Wildman–Crippen MR) is 173 cm³/mol. The number of ether oxygens (including phenoxy) is 1. The van der Waals surface area contributed by atoms with Gasteiger partial charge in [-0.2, -0.15) is 0 Å². The van der Waals surface area contributed by atoms with Crippen LogP contribution >= 0.6 is 0 Å². The molecular weight excluding hydrogens is 570 g/mol. The maximum Gasteiger partial charge on any atom is 0.252 e. The minimum absolute atomic E-state index is 0.156. The van der Waals surface area contributed by atoms with Crippen LogP contribution in [-0.4, -0.2) is 65.9 Å². The van der Waals surface area contributed by atoms with Crippen molar-refractivity contribution in [1.82, 2.24) is 16.0 Å². The smallest absolute Gasteiger partial charge is 0.252 e. The molecule has 45 heavy (non-hydrogen) atoms. The Kier molecular flexibility index (Phi) is 11.5. The van der Waals surface area contributed by atoms with E-state index < -0.39 is 42.0 Å². The van der Waals surface area contributed by atoms with Crippen LogP contribution in [0.15, 0.2) is 101 Å². The normalized spacial score (nSPS) is 17.2. The zero-order valence-electron chi connectivity index (χ0n) is 26.2. The summed E-state index contributed by atoms with van der Waals surface area (Å²) < 4.78 is 5.25. The van der Waals surface area contributed by atoms with E-state index >= 15 is 0 Å². The standard InChI is InChI=1S/C36H43N3O6/c1-22(21-40)33(41)31(18-25-10-6-5-7-11-25)38-36(44)32(19-26-14-16-28(45-4)17-15-26)39-34(42)24(3)37-35(43)30-20-27-12-8-9-13-29(27)23(30)2/h5-7,9-17,20,22,24,31-33,40-41H,8,18-19,21H2,1-4H3,(H,37,43)(H,38,44)(H,39,42)/t22-,24-,31+,32+,33+/m1/s1. The number of carbonyl (C=O) groups is 3. The molecule has 0 bridgehead atoms. The Morgan fingerprint density at radius 2 is 1.60 bits per heavy atom. The molecule has 0 radical (unpaired) electrons. The van der Waals surface area contributed by atoms with Gasteiger partial charge < -0.3 is 30.9 Å². The molecule has 0 fully saturated rings. The number of rotatable bonds is 14. The van der Waals surface area contributed by atoms with Crippen molar-refractivity contribution < 1.29 is 29.3 Å². The van der Waals surface area contributed by atoms with Gasteiger partial charge in [0, 0.05) is 24.5 Å². The van der Waals surface area contributed by atoms with Crippen LogP contribution in [0.4, 0.5) is 0 Å². The lowest BCUT2D eigenvalue weighted by molar-refractivity contribution is -0.131. The van der Waals surface area contributed by atoms with E-state index in [0.29, 0.717) is 17.7 Å². The maximum atomic E-state index is 13.8. The molecule has 9 heteroatoms. The third kappa shape index (κ3) is 8.59. The Balaban J connectivity index is 1.51. The summed E-state index contributed by atoms with van der Waals surface area (Å²) in [7, 11) is 1.56. The topological polar surface area (TPSA) is 137 Å². The highest BCUT2D eigenvalue weighted by molar-refractivity contribution is 6.03. The van der Waals surface area contributed by atoms with Crippen LogP contribution in [0, 0.1) is 5.92 Å². The molecule has 2 aliphatic rings. The predicted octanol–water partition coefficient (Wildman–Crippen LogP) is 3.09. The molecule has 0 spiro atoms. The summed E-state index contributed by atoms with van der Waals surface area (Å²) in [5.41, 5.74) is 5.03. The van der Waals surface area contributed by atoms with E-state index in [9.17, 15) is 24.6 Å². The number of aliphatic hydroxyl groups is 2. The van der Waals surface area contributed by atoms with Crippen LogP contribution in [-0.2, 0) is 27.2 Å². The van der Waals surface area contributed by atoms with E-state index in [1.54, 1.807) is 33.1 Å². The van der Waals surface area contributed by atoms with Crippen molar-refractivity contribution in [1.29, 1.82) is 0 Å². The highest BCUT2D eigenvalue weighted by Crippen LogP contribution is 2.34. The molecule has 0 aliphatic heterocycles. The average Bonchev–Trinajstić information content (AvgIpc) is 3.40.